The summed E-state index contributed by atoms with van der Waals surface area (Å²) in [6.45, 7) is 12.8. The quantitative estimate of drug-likeness (QED) is 0.0836. The Labute approximate surface area is 193 Å². The predicted molar refractivity (Wildman–Crippen MR) is 133 cm³/mol. The van der Waals surface area contributed by atoms with Crippen LogP contribution in [0.5, 0.6) is 0 Å². The third-order valence-corrected chi connectivity index (χ3v) is 8.32. The largest absolute Gasteiger partial charge is 0.501 e. The van der Waals surface area contributed by atoms with Gasteiger partial charge in [0, 0.05) is 39.0 Å². The maximum atomic E-state index is 6.34. The van der Waals surface area contributed by atoms with Crippen molar-refractivity contribution in [1.82, 2.24) is 4.90 Å². The minimum Gasteiger partial charge on any atom is -0.411 e. The van der Waals surface area contributed by atoms with Gasteiger partial charge in [-0.15, -0.1) is 0 Å². The van der Waals surface area contributed by atoms with Crippen LogP contribution in [0.1, 0.15) is 98.3 Å². The summed E-state index contributed by atoms with van der Waals surface area (Å²) in [5.41, 5.74) is 0. The summed E-state index contributed by atoms with van der Waals surface area (Å²) < 4.78 is 19.6. The third kappa shape index (κ3) is 15.6. The van der Waals surface area contributed by atoms with Crippen LogP contribution >= 0.6 is 12.2 Å². The van der Waals surface area contributed by atoms with E-state index in [1.54, 1.807) is 0 Å². The van der Waals surface area contributed by atoms with Gasteiger partial charge in [-0.25, -0.2) is 0 Å². The SMILES string of the molecule is CCCCCCN(CCC[Si](OCCCC)(OCCCC)OCCCC)C(=S)[S-]. The molecule has 0 radical (unpaired) electrons. The highest BCUT2D eigenvalue weighted by molar-refractivity contribution is 8.00. The van der Waals surface area contributed by atoms with Crippen molar-refractivity contribution < 1.29 is 13.3 Å². The van der Waals surface area contributed by atoms with Crippen LogP contribution in [0.15, 0.2) is 0 Å². The summed E-state index contributed by atoms with van der Waals surface area (Å²) in [7, 11) is -2.66. The Balaban J connectivity index is 4.84. The number of hydrogen-bond acceptors (Lipinski definition) is 5. The summed E-state index contributed by atoms with van der Waals surface area (Å²) in [6.07, 6.45) is 12.3. The van der Waals surface area contributed by atoms with Crippen LogP contribution in [0.4, 0.5) is 0 Å². The van der Waals surface area contributed by atoms with Gasteiger partial charge in [-0.05, 0) is 32.1 Å². The summed E-state index contributed by atoms with van der Waals surface area (Å²) in [5.74, 6) is 0. The molecule has 0 fully saturated rings. The summed E-state index contributed by atoms with van der Waals surface area (Å²) in [6, 6.07) is 0.841. The van der Waals surface area contributed by atoms with Gasteiger partial charge >= 0.3 is 8.80 Å². The molecule has 0 aliphatic carbocycles. The second-order valence-corrected chi connectivity index (χ2v) is 11.5. The standard InChI is InChI=1S/C22H47NO3S2Si/c1-5-9-13-14-16-23(22(27)28)17-15-21-29(24-18-10-6-2,25-19-11-7-3)26-20-12-8-4/h5-21H2,1-4H3,(H,27,28)/p-1. The van der Waals surface area contributed by atoms with Gasteiger partial charge in [-0.3, -0.25) is 0 Å². The first kappa shape index (κ1) is 29.2. The molecule has 0 aromatic heterocycles. The van der Waals surface area contributed by atoms with E-state index in [4.69, 9.17) is 38.1 Å². The Kier molecular flexibility index (Phi) is 20.3. The Morgan fingerprint density at radius 1 is 0.690 bits per heavy atom. The van der Waals surface area contributed by atoms with Gasteiger partial charge in [0.25, 0.3) is 0 Å². The van der Waals surface area contributed by atoms with Crippen molar-refractivity contribution in [3.05, 3.63) is 0 Å². The summed E-state index contributed by atoms with van der Waals surface area (Å²) in [5, 5.41) is 0. The summed E-state index contributed by atoms with van der Waals surface area (Å²) >= 11 is 10.6. The lowest BCUT2D eigenvalue weighted by Crippen LogP contribution is -2.47. The van der Waals surface area contributed by atoms with Crippen LogP contribution < -0.4 is 0 Å². The van der Waals surface area contributed by atoms with Crippen molar-refractivity contribution >= 4 is 38.0 Å². The van der Waals surface area contributed by atoms with E-state index in [-0.39, 0.29) is 0 Å². The molecule has 0 atom stereocenters. The fourth-order valence-electron chi connectivity index (χ4n) is 2.97. The van der Waals surface area contributed by atoms with Crippen LogP contribution in [0.3, 0.4) is 0 Å². The molecule has 0 rings (SSSR count). The molecule has 4 nitrogen and oxygen atoms in total. The van der Waals surface area contributed by atoms with Crippen molar-refractivity contribution in [1.29, 1.82) is 0 Å². The van der Waals surface area contributed by atoms with Gasteiger partial charge in [0.2, 0.25) is 0 Å². The molecule has 0 bridgehead atoms. The molecule has 7 heteroatoms. The molecule has 0 saturated heterocycles. The smallest absolute Gasteiger partial charge is 0.411 e. The topological polar surface area (TPSA) is 30.9 Å². The average molecular weight is 465 g/mol. The van der Waals surface area contributed by atoms with E-state index in [0.29, 0.717) is 4.32 Å². The minimum atomic E-state index is -2.66. The van der Waals surface area contributed by atoms with Crippen molar-refractivity contribution in [2.45, 2.75) is 104 Å². The van der Waals surface area contributed by atoms with Crippen molar-refractivity contribution in [2.75, 3.05) is 32.9 Å². The first-order valence-corrected chi connectivity index (χ1v) is 14.7. The molecule has 174 valence electrons. The monoisotopic (exact) mass is 464 g/mol. The first-order valence-electron chi connectivity index (χ1n) is 11.9. The molecule has 29 heavy (non-hydrogen) atoms. The normalized spacial score (nSPS) is 11.7. The van der Waals surface area contributed by atoms with Crippen LogP contribution in [0.25, 0.3) is 0 Å². The Hall–Kier alpha value is 0.207. The zero-order valence-corrected chi connectivity index (χ0v) is 22.1. The molecule has 0 unspecified atom stereocenters. The van der Waals surface area contributed by atoms with Gasteiger partial charge in [0.05, 0.1) is 0 Å². The van der Waals surface area contributed by atoms with Crippen molar-refractivity contribution in [3.8, 4) is 0 Å². The zero-order chi connectivity index (χ0) is 21.8. The van der Waals surface area contributed by atoms with Crippen LogP contribution in [0.2, 0.25) is 6.04 Å². The highest BCUT2D eigenvalue weighted by Gasteiger charge is 2.40. The lowest BCUT2D eigenvalue weighted by atomic mass is 10.2. The predicted octanol–water partition coefficient (Wildman–Crippen LogP) is 6.48. The highest BCUT2D eigenvalue weighted by atomic mass is 32.1. The van der Waals surface area contributed by atoms with Crippen LogP contribution in [0, 0.1) is 0 Å². The van der Waals surface area contributed by atoms with E-state index in [2.05, 4.69) is 32.6 Å². The van der Waals surface area contributed by atoms with Crippen LogP contribution in [-0.4, -0.2) is 50.9 Å². The van der Waals surface area contributed by atoms with Gasteiger partial charge in [-0.2, -0.15) is 0 Å². The van der Waals surface area contributed by atoms with E-state index in [9.17, 15) is 0 Å². The van der Waals surface area contributed by atoms with E-state index in [1.165, 1.54) is 19.3 Å². The molecular weight excluding hydrogens is 418 g/mol. The molecule has 0 aromatic rings. The van der Waals surface area contributed by atoms with Crippen LogP contribution in [-0.2, 0) is 25.9 Å². The molecule has 0 aliphatic rings. The molecule has 0 amide bonds. The van der Waals surface area contributed by atoms with E-state index < -0.39 is 8.80 Å². The molecule has 0 spiro atoms. The Morgan fingerprint density at radius 2 is 1.14 bits per heavy atom. The highest BCUT2D eigenvalue weighted by Crippen LogP contribution is 2.21. The van der Waals surface area contributed by atoms with E-state index in [0.717, 1.165) is 90.3 Å². The molecule has 0 aromatic carbocycles. The fourth-order valence-corrected chi connectivity index (χ4v) is 5.97. The maximum absolute atomic E-state index is 6.34. The molecule has 0 N–H and O–H groups in total. The van der Waals surface area contributed by atoms with Gasteiger partial charge in [0.1, 0.15) is 0 Å². The number of thiocarbonyl (C=S) groups is 1. The number of hydrogen-bond donors (Lipinski definition) is 0. The maximum Gasteiger partial charge on any atom is 0.501 e. The molecule has 0 aliphatic heterocycles. The van der Waals surface area contributed by atoms with Crippen molar-refractivity contribution in [3.63, 3.8) is 0 Å². The Bertz CT molecular complexity index is 363. The molecule has 0 saturated carbocycles. The van der Waals surface area contributed by atoms with Gasteiger partial charge in [0.15, 0.2) is 0 Å². The average Bonchev–Trinajstić information content (AvgIpc) is 2.70. The summed E-state index contributed by atoms with van der Waals surface area (Å²) in [4.78, 5) is 2.17. The molecule has 0 heterocycles. The van der Waals surface area contributed by atoms with Gasteiger partial charge < -0.3 is 43.0 Å². The zero-order valence-electron chi connectivity index (χ0n) is 19.5. The number of rotatable bonds is 21. The lowest BCUT2D eigenvalue weighted by molar-refractivity contribution is 0.0555. The number of nitrogens with zero attached hydrogens (tertiary/aromatic N) is 1. The fraction of sp³-hybridized carbons (Fsp3) is 0.955. The second-order valence-electron chi connectivity index (χ2n) is 7.71. The molecular formula is C22H46NO3S2Si-. The minimum absolute atomic E-state index is 0.583. The van der Waals surface area contributed by atoms with E-state index >= 15 is 0 Å². The van der Waals surface area contributed by atoms with E-state index in [1.807, 2.05) is 0 Å². The third-order valence-electron chi connectivity index (χ3n) is 4.91. The lowest BCUT2D eigenvalue weighted by Gasteiger charge is -2.32. The van der Waals surface area contributed by atoms with Gasteiger partial charge in [-0.1, -0.05) is 70.5 Å². The number of unbranched alkanes of at least 4 members (excludes halogenated alkanes) is 6. The Morgan fingerprint density at radius 3 is 1.55 bits per heavy atom. The first-order chi connectivity index (χ1) is 14.0. The van der Waals surface area contributed by atoms with Crippen molar-refractivity contribution in [2.24, 2.45) is 0 Å². The second kappa shape index (κ2) is 20.1.